The number of anilines is 3. The van der Waals surface area contributed by atoms with Crippen LogP contribution >= 0.6 is 0 Å². The molecule has 30 heavy (non-hydrogen) atoms. The van der Waals surface area contributed by atoms with Crippen molar-refractivity contribution in [3.63, 3.8) is 0 Å². The van der Waals surface area contributed by atoms with Crippen LogP contribution in [0, 0.1) is 13.8 Å². The van der Waals surface area contributed by atoms with Crippen molar-refractivity contribution < 1.29 is 4.79 Å². The smallest absolute Gasteiger partial charge is 0.255 e. The molecule has 0 saturated heterocycles. The van der Waals surface area contributed by atoms with Crippen LogP contribution in [0.15, 0.2) is 60.1 Å². The molecule has 3 aromatic rings. The molecule has 0 aliphatic carbocycles. The lowest BCUT2D eigenvalue weighted by molar-refractivity contribution is -0.113. The molecule has 1 aromatic heterocycles. The third kappa shape index (κ3) is 3.43. The van der Waals surface area contributed by atoms with Crippen LogP contribution in [0.2, 0.25) is 0 Å². The van der Waals surface area contributed by atoms with Gasteiger partial charge in [-0.2, -0.15) is 10.1 Å². The zero-order valence-electron chi connectivity index (χ0n) is 17.9. The number of fused-ring (bicyclic) bond motifs is 1. The monoisotopic (exact) mass is 402 g/mol. The normalized spacial score (nSPS) is 15.4. The average molecular weight is 403 g/mol. The predicted molar refractivity (Wildman–Crippen MR) is 120 cm³/mol. The number of aryl methyl sites for hydroxylation is 1. The zero-order chi connectivity index (χ0) is 21.4. The Bertz CT molecular complexity index is 1130. The first-order valence-electron chi connectivity index (χ1n) is 9.89. The molecule has 2 heterocycles. The molecule has 1 amide bonds. The second-order valence-electron chi connectivity index (χ2n) is 7.78. The summed E-state index contributed by atoms with van der Waals surface area (Å²) < 4.78 is 1.76. The number of amides is 1. The van der Waals surface area contributed by atoms with Crippen molar-refractivity contribution in [1.29, 1.82) is 0 Å². The van der Waals surface area contributed by atoms with Gasteiger partial charge in [0, 0.05) is 31.2 Å². The maximum absolute atomic E-state index is 13.5. The molecular formula is C23H26N6O. The van der Waals surface area contributed by atoms with Gasteiger partial charge in [0.05, 0.1) is 5.57 Å². The number of hydrogen-bond acceptors (Lipinski definition) is 5. The largest absolute Gasteiger partial charge is 0.378 e. The van der Waals surface area contributed by atoms with Gasteiger partial charge in [-0.3, -0.25) is 4.79 Å². The molecule has 2 N–H and O–H groups in total. The van der Waals surface area contributed by atoms with E-state index in [1.54, 1.807) is 4.68 Å². The summed E-state index contributed by atoms with van der Waals surface area (Å²) in [4.78, 5) is 19.8. The van der Waals surface area contributed by atoms with Gasteiger partial charge >= 0.3 is 0 Å². The number of aromatic nitrogens is 3. The van der Waals surface area contributed by atoms with Crippen LogP contribution in [0.25, 0.3) is 0 Å². The number of carbonyl (C=O) groups is 1. The highest BCUT2D eigenvalue weighted by Crippen LogP contribution is 2.36. The number of nitrogens with zero attached hydrogens (tertiary/aromatic N) is 4. The van der Waals surface area contributed by atoms with E-state index < -0.39 is 0 Å². The van der Waals surface area contributed by atoms with Crippen LogP contribution in [0.3, 0.4) is 0 Å². The van der Waals surface area contributed by atoms with Gasteiger partial charge in [-0.25, -0.2) is 4.68 Å². The Morgan fingerprint density at radius 3 is 2.53 bits per heavy atom. The van der Waals surface area contributed by atoms with E-state index >= 15 is 0 Å². The lowest BCUT2D eigenvalue weighted by Gasteiger charge is -2.29. The van der Waals surface area contributed by atoms with Crippen molar-refractivity contribution >= 4 is 23.2 Å². The standard InChI is InChI=1S/C23H26N6O/c1-14-7-6-8-19(15(14)2)27-22(30)20-16(3)26-23-24-13-25-29(23)21(20)17-9-11-18(12-10-17)28(4)5/h6-13,21H,1-5H3,(H,27,30)(H,24,25,26). The van der Waals surface area contributed by atoms with E-state index in [0.717, 1.165) is 33.8 Å². The van der Waals surface area contributed by atoms with Crippen LogP contribution in [0.4, 0.5) is 17.3 Å². The minimum Gasteiger partial charge on any atom is -0.378 e. The summed E-state index contributed by atoms with van der Waals surface area (Å²) in [5, 5.41) is 10.7. The molecule has 0 fully saturated rings. The third-order valence-electron chi connectivity index (χ3n) is 5.62. The van der Waals surface area contributed by atoms with Crippen LogP contribution in [-0.4, -0.2) is 34.8 Å². The Labute approximate surface area is 176 Å². The number of hydrogen-bond donors (Lipinski definition) is 2. The highest BCUT2D eigenvalue weighted by molar-refractivity contribution is 6.06. The Morgan fingerprint density at radius 2 is 1.83 bits per heavy atom. The van der Waals surface area contributed by atoms with Crippen LogP contribution in [-0.2, 0) is 4.79 Å². The minimum absolute atomic E-state index is 0.156. The fraction of sp³-hybridized carbons (Fsp3) is 0.261. The molecule has 0 bridgehead atoms. The van der Waals surface area contributed by atoms with Crippen LogP contribution < -0.4 is 15.5 Å². The number of nitrogens with one attached hydrogen (secondary N) is 2. The average Bonchev–Trinajstić information content (AvgIpc) is 3.18. The zero-order valence-corrected chi connectivity index (χ0v) is 17.9. The van der Waals surface area contributed by atoms with Crippen molar-refractivity contribution in [1.82, 2.24) is 14.8 Å². The first-order valence-corrected chi connectivity index (χ1v) is 9.89. The predicted octanol–water partition coefficient (Wildman–Crippen LogP) is 3.89. The van der Waals surface area contributed by atoms with Crippen molar-refractivity contribution in [2.45, 2.75) is 26.8 Å². The Hall–Kier alpha value is -3.61. The third-order valence-corrected chi connectivity index (χ3v) is 5.62. The molecule has 0 spiro atoms. The van der Waals surface area contributed by atoms with Gasteiger partial charge in [0.15, 0.2) is 0 Å². The maximum atomic E-state index is 13.5. The number of allylic oxidation sites excluding steroid dienone is 1. The fourth-order valence-corrected chi connectivity index (χ4v) is 3.72. The highest BCUT2D eigenvalue weighted by Gasteiger charge is 2.33. The van der Waals surface area contributed by atoms with Crippen molar-refractivity contribution in [3.05, 3.63) is 76.8 Å². The van der Waals surface area contributed by atoms with Crippen molar-refractivity contribution in [2.24, 2.45) is 0 Å². The topological polar surface area (TPSA) is 75.1 Å². The molecule has 0 radical (unpaired) electrons. The summed E-state index contributed by atoms with van der Waals surface area (Å²) in [6.07, 6.45) is 1.50. The highest BCUT2D eigenvalue weighted by atomic mass is 16.1. The number of rotatable bonds is 4. The summed E-state index contributed by atoms with van der Waals surface area (Å²) in [5.41, 5.74) is 6.45. The van der Waals surface area contributed by atoms with E-state index in [-0.39, 0.29) is 11.9 Å². The van der Waals surface area contributed by atoms with Gasteiger partial charge in [-0.1, -0.05) is 24.3 Å². The molecule has 1 aliphatic heterocycles. The van der Waals surface area contributed by atoms with Crippen molar-refractivity contribution in [2.75, 3.05) is 29.6 Å². The molecular weight excluding hydrogens is 376 g/mol. The fourth-order valence-electron chi connectivity index (χ4n) is 3.72. The molecule has 4 rings (SSSR count). The summed E-state index contributed by atoms with van der Waals surface area (Å²) >= 11 is 0. The Balaban J connectivity index is 1.75. The molecule has 0 saturated carbocycles. The lowest BCUT2D eigenvalue weighted by Crippen LogP contribution is -2.31. The summed E-state index contributed by atoms with van der Waals surface area (Å²) in [6, 6.07) is 13.7. The Kier molecular flexibility index (Phi) is 5.03. The maximum Gasteiger partial charge on any atom is 0.255 e. The van der Waals surface area contributed by atoms with Crippen molar-refractivity contribution in [3.8, 4) is 0 Å². The second kappa shape index (κ2) is 7.67. The first-order chi connectivity index (χ1) is 14.4. The minimum atomic E-state index is -0.370. The molecule has 1 unspecified atom stereocenters. The molecule has 2 aromatic carbocycles. The van der Waals surface area contributed by atoms with Gasteiger partial charge in [0.1, 0.15) is 12.4 Å². The van der Waals surface area contributed by atoms with E-state index in [2.05, 4.69) is 20.7 Å². The van der Waals surface area contributed by atoms with Gasteiger partial charge in [-0.15, -0.1) is 0 Å². The van der Waals surface area contributed by atoms with E-state index in [0.29, 0.717) is 11.5 Å². The quantitative estimate of drug-likeness (QED) is 0.693. The van der Waals surface area contributed by atoms with E-state index in [9.17, 15) is 4.79 Å². The second-order valence-corrected chi connectivity index (χ2v) is 7.78. The molecule has 1 atom stereocenters. The van der Waals surface area contributed by atoms with E-state index in [1.165, 1.54) is 6.33 Å². The SMILES string of the molecule is CC1=C(C(=O)Nc2cccc(C)c2C)C(c2ccc(N(C)C)cc2)n2ncnc2N1. The van der Waals surface area contributed by atoms with Crippen LogP contribution in [0.5, 0.6) is 0 Å². The van der Waals surface area contributed by atoms with Crippen LogP contribution in [0.1, 0.15) is 29.7 Å². The number of benzene rings is 2. The molecule has 154 valence electrons. The lowest BCUT2D eigenvalue weighted by atomic mass is 9.94. The van der Waals surface area contributed by atoms with Gasteiger partial charge in [0.2, 0.25) is 5.95 Å². The molecule has 1 aliphatic rings. The summed E-state index contributed by atoms with van der Waals surface area (Å²) in [7, 11) is 4.00. The molecule has 7 nitrogen and oxygen atoms in total. The first kappa shape index (κ1) is 19.7. The summed E-state index contributed by atoms with van der Waals surface area (Å²) in [5.74, 6) is 0.467. The summed E-state index contributed by atoms with van der Waals surface area (Å²) in [6.45, 7) is 5.95. The van der Waals surface area contributed by atoms with E-state index in [1.807, 2.05) is 82.2 Å². The Morgan fingerprint density at radius 1 is 1.10 bits per heavy atom. The van der Waals surface area contributed by atoms with Gasteiger partial charge < -0.3 is 15.5 Å². The van der Waals surface area contributed by atoms with Gasteiger partial charge in [-0.05, 0) is 55.7 Å². The number of carbonyl (C=O) groups excluding carboxylic acids is 1. The van der Waals surface area contributed by atoms with E-state index in [4.69, 9.17) is 0 Å². The van der Waals surface area contributed by atoms with Gasteiger partial charge in [0.25, 0.3) is 5.91 Å². The molecule has 7 heteroatoms.